The van der Waals surface area contributed by atoms with Crippen LogP contribution in [0.2, 0.25) is 0 Å². The Bertz CT molecular complexity index is 1310. The molecule has 0 aliphatic carbocycles. The first-order valence-corrected chi connectivity index (χ1v) is 10.9. The number of methoxy groups -OCH3 is 1. The van der Waals surface area contributed by atoms with Crippen molar-refractivity contribution in [1.29, 1.82) is 0 Å². The molecule has 0 radical (unpaired) electrons. The second kappa shape index (κ2) is 9.94. The van der Waals surface area contributed by atoms with Gasteiger partial charge in [-0.1, -0.05) is 0 Å². The zero-order valence-corrected chi connectivity index (χ0v) is 19.4. The van der Waals surface area contributed by atoms with E-state index in [1.54, 1.807) is 26.1 Å². The SMILES string of the molecule is CO[C@@H](CCNC(=O)c1c(C)[nH]c(/C=C2\C(=O)Nc3ccc(F)cc32)c1C)C(=O)Nc1cn[nH]c1. The Hall–Kier alpha value is -4.25. The predicted molar refractivity (Wildman–Crippen MR) is 128 cm³/mol. The van der Waals surface area contributed by atoms with Crippen LogP contribution in [0, 0.1) is 19.7 Å². The lowest BCUT2D eigenvalue weighted by Gasteiger charge is -2.15. The number of ether oxygens (including phenoxy) is 1. The quantitative estimate of drug-likeness (QED) is 0.315. The molecule has 3 heterocycles. The highest BCUT2D eigenvalue weighted by molar-refractivity contribution is 6.34. The summed E-state index contributed by atoms with van der Waals surface area (Å²) in [4.78, 5) is 40.8. The third-order valence-electron chi connectivity index (χ3n) is 5.79. The second-order valence-electron chi connectivity index (χ2n) is 8.11. The molecule has 1 aromatic carbocycles. The molecular weight excluding hydrogens is 455 g/mol. The monoisotopic (exact) mass is 480 g/mol. The molecule has 3 amide bonds. The summed E-state index contributed by atoms with van der Waals surface area (Å²) in [6.45, 7) is 3.72. The Morgan fingerprint density at radius 3 is 2.80 bits per heavy atom. The molecule has 0 fully saturated rings. The standard InChI is InChI=1S/C24H25FN6O4/c1-12-19(9-17-16-8-14(25)4-5-18(16)31-22(17)32)29-13(2)21(12)24(34)26-7-6-20(35-3)23(33)30-15-10-27-28-11-15/h4-5,8-11,20,29H,6-7H2,1-3H3,(H,26,34)(H,27,28)(H,30,33)(H,31,32)/b17-9-/t20-/m0/s1. The van der Waals surface area contributed by atoms with E-state index in [4.69, 9.17) is 4.74 Å². The average Bonchev–Trinajstić information content (AvgIpc) is 3.50. The number of aromatic amines is 2. The van der Waals surface area contributed by atoms with Crippen LogP contribution in [0.15, 0.2) is 30.6 Å². The minimum atomic E-state index is -0.764. The van der Waals surface area contributed by atoms with Crippen molar-refractivity contribution in [3.05, 3.63) is 64.5 Å². The van der Waals surface area contributed by atoms with Crippen LogP contribution in [0.25, 0.3) is 11.6 Å². The normalized spacial score (nSPS) is 14.5. The molecule has 2 aromatic heterocycles. The summed E-state index contributed by atoms with van der Waals surface area (Å²) in [5.74, 6) is -1.47. The molecule has 0 saturated carbocycles. The fourth-order valence-corrected chi connectivity index (χ4v) is 4.01. The summed E-state index contributed by atoms with van der Waals surface area (Å²) >= 11 is 0. The van der Waals surface area contributed by atoms with Gasteiger partial charge in [0.05, 0.1) is 23.0 Å². The molecular formula is C24H25FN6O4. The van der Waals surface area contributed by atoms with Gasteiger partial charge in [0.2, 0.25) is 0 Å². The maximum absolute atomic E-state index is 13.7. The van der Waals surface area contributed by atoms with E-state index >= 15 is 0 Å². The van der Waals surface area contributed by atoms with Crippen molar-refractivity contribution in [1.82, 2.24) is 20.5 Å². The largest absolute Gasteiger partial charge is 0.372 e. The number of halogens is 1. The van der Waals surface area contributed by atoms with Crippen molar-refractivity contribution >= 4 is 40.7 Å². The first kappa shape index (κ1) is 23.9. The number of nitrogens with zero attached hydrogens (tertiary/aromatic N) is 1. The van der Waals surface area contributed by atoms with Crippen LogP contribution in [0.4, 0.5) is 15.8 Å². The number of anilines is 2. The Morgan fingerprint density at radius 1 is 1.29 bits per heavy atom. The third kappa shape index (κ3) is 4.99. The van der Waals surface area contributed by atoms with Crippen molar-refractivity contribution < 1.29 is 23.5 Å². The summed E-state index contributed by atoms with van der Waals surface area (Å²) in [6, 6.07) is 4.09. The smallest absolute Gasteiger partial charge is 0.256 e. The summed E-state index contributed by atoms with van der Waals surface area (Å²) in [6.07, 6.45) is 4.12. The number of hydrogen-bond acceptors (Lipinski definition) is 5. The molecule has 3 aromatic rings. The van der Waals surface area contributed by atoms with Crippen LogP contribution in [0.5, 0.6) is 0 Å². The first-order chi connectivity index (χ1) is 16.8. The molecule has 10 nitrogen and oxygen atoms in total. The number of aryl methyl sites for hydroxylation is 1. The Kier molecular flexibility index (Phi) is 6.78. The fraction of sp³-hybridized carbons (Fsp3) is 0.250. The molecule has 11 heteroatoms. The van der Waals surface area contributed by atoms with Gasteiger partial charge in [-0.3, -0.25) is 19.5 Å². The molecule has 1 aliphatic heterocycles. The van der Waals surface area contributed by atoms with Crippen LogP contribution in [-0.4, -0.2) is 52.7 Å². The maximum Gasteiger partial charge on any atom is 0.256 e. The van der Waals surface area contributed by atoms with Crippen LogP contribution >= 0.6 is 0 Å². The van der Waals surface area contributed by atoms with Crippen LogP contribution in [0.1, 0.15) is 39.3 Å². The number of hydrogen-bond donors (Lipinski definition) is 5. The maximum atomic E-state index is 13.7. The molecule has 1 aliphatic rings. The van der Waals surface area contributed by atoms with E-state index in [1.165, 1.54) is 31.5 Å². The lowest BCUT2D eigenvalue weighted by molar-refractivity contribution is -0.126. The summed E-state index contributed by atoms with van der Waals surface area (Å²) in [5, 5.41) is 14.6. The van der Waals surface area contributed by atoms with Gasteiger partial charge >= 0.3 is 0 Å². The van der Waals surface area contributed by atoms with Crippen LogP contribution in [-0.2, 0) is 14.3 Å². The Labute approximate surface area is 200 Å². The highest BCUT2D eigenvalue weighted by atomic mass is 19.1. The molecule has 0 unspecified atom stereocenters. The van der Waals surface area contributed by atoms with Crippen molar-refractivity contribution in [2.45, 2.75) is 26.4 Å². The van der Waals surface area contributed by atoms with E-state index in [0.717, 1.165) is 0 Å². The average molecular weight is 481 g/mol. The summed E-state index contributed by atoms with van der Waals surface area (Å²) in [7, 11) is 1.42. The topological polar surface area (TPSA) is 141 Å². The van der Waals surface area contributed by atoms with E-state index in [9.17, 15) is 18.8 Å². The Balaban J connectivity index is 1.44. The molecule has 0 spiro atoms. The van der Waals surface area contributed by atoms with Crippen molar-refractivity contribution in [3.8, 4) is 0 Å². The molecule has 5 N–H and O–H groups in total. The van der Waals surface area contributed by atoms with Crippen LogP contribution < -0.4 is 16.0 Å². The van der Waals surface area contributed by atoms with E-state index in [1.807, 2.05) is 0 Å². The molecule has 4 rings (SSSR count). The zero-order chi connectivity index (χ0) is 25.1. The zero-order valence-electron chi connectivity index (χ0n) is 19.4. The summed E-state index contributed by atoms with van der Waals surface area (Å²) < 4.78 is 19.0. The van der Waals surface area contributed by atoms with Gasteiger partial charge in [0.15, 0.2) is 0 Å². The van der Waals surface area contributed by atoms with Gasteiger partial charge in [0, 0.05) is 42.5 Å². The number of nitrogens with one attached hydrogen (secondary N) is 5. The van der Waals surface area contributed by atoms with Gasteiger partial charge in [-0.2, -0.15) is 5.10 Å². The lowest BCUT2D eigenvalue weighted by atomic mass is 10.0. The van der Waals surface area contributed by atoms with E-state index in [2.05, 4.69) is 31.1 Å². The lowest BCUT2D eigenvalue weighted by Crippen LogP contribution is -2.34. The second-order valence-corrected chi connectivity index (χ2v) is 8.11. The Morgan fingerprint density at radius 2 is 2.09 bits per heavy atom. The molecule has 1 atom stereocenters. The number of rotatable bonds is 8. The van der Waals surface area contributed by atoms with Crippen molar-refractivity contribution in [2.75, 3.05) is 24.3 Å². The van der Waals surface area contributed by atoms with E-state index < -0.39 is 11.9 Å². The van der Waals surface area contributed by atoms with Crippen LogP contribution in [0.3, 0.4) is 0 Å². The number of H-pyrrole nitrogens is 2. The number of carbonyl (C=O) groups is 3. The third-order valence-corrected chi connectivity index (χ3v) is 5.79. The number of carbonyl (C=O) groups excluding carboxylic acids is 3. The van der Waals surface area contributed by atoms with Crippen molar-refractivity contribution in [3.63, 3.8) is 0 Å². The molecule has 0 bridgehead atoms. The minimum Gasteiger partial charge on any atom is -0.372 e. The minimum absolute atomic E-state index is 0.200. The van der Waals surface area contributed by atoms with Gasteiger partial charge in [-0.05, 0) is 50.1 Å². The number of amides is 3. The highest BCUT2D eigenvalue weighted by Gasteiger charge is 2.26. The molecule has 35 heavy (non-hydrogen) atoms. The number of fused-ring (bicyclic) bond motifs is 1. The fourth-order valence-electron chi connectivity index (χ4n) is 4.01. The number of aromatic nitrogens is 3. The van der Waals surface area contributed by atoms with Gasteiger partial charge < -0.3 is 25.7 Å². The number of benzene rings is 1. The summed E-state index contributed by atoms with van der Waals surface area (Å²) in [5.41, 5.74) is 4.09. The first-order valence-electron chi connectivity index (χ1n) is 10.9. The molecule has 0 saturated heterocycles. The molecule has 182 valence electrons. The van der Waals surface area contributed by atoms with Crippen molar-refractivity contribution in [2.24, 2.45) is 0 Å². The van der Waals surface area contributed by atoms with Gasteiger partial charge in [-0.25, -0.2) is 4.39 Å². The van der Waals surface area contributed by atoms with Gasteiger partial charge in [-0.15, -0.1) is 0 Å². The van der Waals surface area contributed by atoms with Gasteiger partial charge in [0.25, 0.3) is 17.7 Å². The highest BCUT2D eigenvalue weighted by Crippen LogP contribution is 2.34. The van der Waals surface area contributed by atoms with E-state index in [-0.39, 0.29) is 30.7 Å². The van der Waals surface area contributed by atoms with E-state index in [0.29, 0.717) is 45.0 Å². The predicted octanol–water partition coefficient (Wildman–Crippen LogP) is 2.76. The van der Waals surface area contributed by atoms with Gasteiger partial charge in [0.1, 0.15) is 11.9 Å².